The highest BCUT2D eigenvalue weighted by atomic mass is 19.1. The van der Waals surface area contributed by atoms with Gasteiger partial charge in [0.2, 0.25) is 0 Å². The highest BCUT2D eigenvalue weighted by Crippen LogP contribution is 2.55. The predicted molar refractivity (Wildman–Crippen MR) is 600 cm³/mol. The minimum atomic E-state index is -0.264. The Morgan fingerprint density at radius 1 is 0.146 bits per heavy atom. The molecule has 0 atom stereocenters. The molecule has 24 rings (SSSR count). The van der Waals surface area contributed by atoms with E-state index >= 15 is 0 Å². The molecule has 24 aromatic rings. The fourth-order valence-corrected chi connectivity index (χ4v) is 21.7. The third-order valence-electron chi connectivity index (χ3n) is 28.6. The minimum absolute atomic E-state index is 0.264. The smallest absolute Gasteiger partial charge is 0.123 e. The molecule has 0 N–H and O–H groups in total. The fraction of sp³-hybridized carbons (Fsp3) is 0.0588. The molecule has 0 saturated carbocycles. The molecule has 0 heterocycles. The predicted octanol–water partition coefficient (Wildman–Crippen LogP) is 39.4. The molecule has 0 spiro atoms. The summed E-state index contributed by atoms with van der Waals surface area (Å²) in [7, 11) is 0. The van der Waals surface area contributed by atoms with Crippen molar-refractivity contribution in [1.82, 2.24) is 0 Å². The molecular formula is C136H100F4N4. The van der Waals surface area contributed by atoms with Crippen LogP contribution < -0.4 is 19.6 Å². The van der Waals surface area contributed by atoms with Crippen LogP contribution in [0.1, 0.15) is 44.5 Å². The Bertz CT molecular complexity index is 8440. The molecule has 0 aliphatic carbocycles. The van der Waals surface area contributed by atoms with Gasteiger partial charge in [-0.05, 0) is 379 Å². The molecule has 0 aliphatic heterocycles. The van der Waals surface area contributed by atoms with E-state index in [1.165, 1.54) is 81.2 Å². The summed E-state index contributed by atoms with van der Waals surface area (Å²) in [6, 6.07) is 159. The third-order valence-corrected chi connectivity index (χ3v) is 28.6. The van der Waals surface area contributed by atoms with E-state index in [0.29, 0.717) is 0 Å². The summed E-state index contributed by atoms with van der Waals surface area (Å²) in [6.45, 7) is 17.4. The molecule has 0 aromatic heterocycles. The normalized spacial score (nSPS) is 11.5. The lowest BCUT2D eigenvalue weighted by atomic mass is 9.90. The second-order valence-corrected chi connectivity index (χ2v) is 38.2. The molecule has 4 nitrogen and oxygen atoms in total. The number of halogens is 4. The van der Waals surface area contributed by atoms with Crippen molar-refractivity contribution in [3.63, 3.8) is 0 Å². The first-order valence-corrected chi connectivity index (χ1v) is 49.0. The van der Waals surface area contributed by atoms with Gasteiger partial charge in [-0.25, -0.2) is 17.6 Å². The van der Waals surface area contributed by atoms with Crippen molar-refractivity contribution >= 4 is 133 Å². The standard InChI is InChI=1S/2C68H50F2N2/c1-43-13-11-14-44(2)67(43)71(59-39-53(47-17-7-5-8-18-47)37-55(41-59)49-21-29-57(69)30-22-49)63-35-27-51-26-34-62-64(36-28-52-25-33-61(63)65(51)66(52)62)72(68-45(3)15-12-16-46(68)4)60-40-54(48-19-9-6-10-20-48)38-56(42-60)50-23-31-58(70)32-24-50;1-43-15-31-63(45(3)35-43)71(59-39-53(47-11-7-5-8-12-47)37-55(41-59)49-17-25-57(69)26-18-49)65-33-23-51-22-30-62-66(34-24-52-21-29-61(65)67(51)68(52)62)72(64-32-16-44(2)36-46(64)4)60-40-54(48-13-9-6-10-14-48)38-56(42-60)50-19-27-58(70)28-20-50/h2*5-42H,1-4H3. The van der Waals surface area contributed by atoms with Gasteiger partial charge in [0.15, 0.2) is 0 Å². The second kappa shape index (κ2) is 37.8. The van der Waals surface area contributed by atoms with Crippen LogP contribution in [0.25, 0.3) is 154 Å². The van der Waals surface area contributed by atoms with Crippen LogP contribution >= 0.6 is 0 Å². The first-order chi connectivity index (χ1) is 70.3. The van der Waals surface area contributed by atoms with Crippen LogP contribution in [0.5, 0.6) is 0 Å². The highest BCUT2D eigenvalue weighted by Gasteiger charge is 2.30. The molecule has 0 radical (unpaired) electrons. The molecular weight excluding hydrogens is 1770 g/mol. The monoisotopic (exact) mass is 1860 g/mol. The SMILES string of the molecule is Cc1ccc(N(c2cc(-c3ccccc3)cc(-c3ccc(F)cc3)c2)c2ccc3ccc4c(N(c5cc(-c6ccccc6)cc(-c6ccc(F)cc6)c5)c5ccc(C)cc5C)ccc5ccc2c3c54)c(C)c1.Cc1cccc(C)c1N(c1cc(-c2ccccc2)cc(-c2ccc(F)cc2)c1)c1ccc2ccc3c(N(c4cc(-c5ccccc5)cc(-c5ccc(F)cc5)c4)c4c(C)cccc4C)ccc4ccc1c2c43. The molecule has 24 aromatic carbocycles. The Hall–Kier alpha value is -17.7. The van der Waals surface area contributed by atoms with E-state index in [-0.39, 0.29) is 23.3 Å². The lowest BCUT2D eigenvalue weighted by Gasteiger charge is -2.32. The Morgan fingerprint density at radius 2 is 0.347 bits per heavy atom. The van der Waals surface area contributed by atoms with Crippen LogP contribution in [0.15, 0.2) is 461 Å². The zero-order chi connectivity index (χ0) is 98.1. The van der Waals surface area contributed by atoms with Gasteiger partial charge in [0.05, 0.1) is 34.1 Å². The lowest BCUT2D eigenvalue weighted by Crippen LogP contribution is -2.14. The molecule has 0 unspecified atom stereocenters. The first-order valence-electron chi connectivity index (χ1n) is 49.0. The maximum Gasteiger partial charge on any atom is 0.123 e. The molecule has 692 valence electrons. The van der Waals surface area contributed by atoms with Crippen molar-refractivity contribution in [2.45, 2.75) is 55.4 Å². The molecule has 0 bridgehead atoms. The van der Waals surface area contributed by atoms with Gasteiger partial charge in [0.25, 0.3) is 0 Å². The van der Waals surface area contributed by atoms with Gasteiger partial charge in [0.1, 0.15) is 23.3 Å². The van der Waals surface area contributed by atoms with Crippen molar-refractivity contribution < 1.29 is 17.6 Å². The van der Waals surface area contributed by atoms with Crippen LogP contribution in [0, 0.1) is 78.7 Å². The van der Waals surface area contributed by atoms with Crippen molar-refractivity contribution in [2.75, 3.05) is 19.6 Å². The van der Waals surface area contributed by atoms with E-state index in [4.69, 9.17) is 0 Å². The van der Waals surface area contributed by atoms with Gasteiger partial charge in [-0.15, -0.1) is 0 Å². The van der Waals surface area contributed by atoms with Crippen molar-refractivity contribution in [2.24, 2.45) is 0 Å². The highest BCUT2D eigenvalue weighted by molar-refractivity contribution is 6.30. The van der Waals surface area contributed by atoms with Gasteiger partial charge in [-0.1, -0.05) is 314 Å². The van der Waals surface area contributed by atoms with Gasteiger partial charge in [0, 0.05) is 55.7 Å². The van der Waals surface area contributed by atoms with Crippen LogP contribution in [0.4, 0.5) is 85.8 Å². The summed E-state index contributed by atoms with van der Waals surface area (Å²) >= 11 is 0. The topological polar surface area (TPSA) is 13.0 Å². The van der Waals surface area contributed by atoms with E-state index in [2.05, 4.69) is 415 Å². The Balaban J connectivity index is 0.000000159. The van der Waals surface area contributed by atoms with E-state index in [9.17, 15) is 17.6 Å². The zero-order valence-corrected chi connectivity index (χ0v) is 81.2. The molecule has 0 amide bonds. The maximum atomic E-state index is 14.4. The average Bonchev–Trinajstić information content (AvgIpc) is 0.718. The van der Waals surface area contributed by atoms with Crippen molar-refractivity contribution in [1.29, 1.82) is 0 Å². The maximum absolute atomic E-state index is 14.4. The van der Waals surface area contributed by atoms with Crippen LogP contribution in [0.3, 0.4) is 0 Å². The van der Waals surface area contributed by atoms with Crippen molar-refractivity contribution in [3.8, 4) is 89.0 Å². The minimum Gasteiger partial charge on any atom is -0.310 e. The van der Waals surface area contributed by atoms with E-state index in [1.807, 2.05) is 72.8 Å². The summed E-state index contributed by atoms with van der Waals surface area (Å²) in [5, 5.41) is 13.8. The van der Waals surface area contributed by atoms with Crippen LogP contribution in [-0.2, 0) is 0 Å². The number of anilines is 12. The zero-order valence-electron chi connectivity index (χ0n) is 81.2. The molecule has 0 saturated heterocycles. The Morgan fingerprint density at radius 3 is 0.576 bits per heavy atom. The third kappa shape index (κ3) is 17.1. The summed E-state index contributed by atoms with van der Waals surface area (Å²) in [4.78, 5) is 9.70. The number of hydrogen-bond donors (Lipinski definition) is 0. The molecule has 0 aliphatic rings. The van der Waals surface area contributed by atoms with Crippen LogP contribution in [-0.4, -0.2) is 0 Å². The van der Waals surface area contributed by atoms with E-state index < -0.39 is 0 Å². The summed E-state index contributed by atoms with van der Waals surface area (Å²) in [5.41, 5.74) is 38.2. The summed E-state index contributed by atoms with van der Waals surface area (Å²) in [6.07, 6.45) is 0. The number of para-hydroxylation sites is 2. The van der Waals surface area contributed by atoms with Crippen LogP contribution in [0.2, 0.25) is 0 Å². The molecule has 0 fully saturated rings. The quantitative estimate of drug-likeness (QED) is 0.0557. The summed E-state index contributed by atoms with van der Waals surface area (Å²) in [5.74, 6) is -1.06. The average molecular weight is 1870 g/mol. The molecule has 144 heavy (non-hydrogen) atoms. The van der Waals surface area contributed by atoms with E-state index in [0.717, 1.165) is 234 Å². The number of rotatable bonds is 20. The first kappa shape index (κ1) is 90.1. The van der Waals surface area contributed by atoms with Crippen molar-refractivity contribution in [3.05, 3.63) is 529 Å². The Labute approximate surface area is 837 Å². The fourth-order valence-electron chi connectivity index (χ4n) is 21.7. The number of nitrogens with zero attached hydrogens (tertiary/aromatic N) is 4. The largest absolute Gasteiger partial charge is 0.310 e. The van der Waals surface area contributed by atoms with Gasteiger partial charge >= 0.3 is 0 Å². The lowest BCUT2D eigenvalue weighted by molar-refractivity contribution is 0.627. The van der Waals surface area contributed by atoms with E-state index in [1.54, 1.807) is 0 Å². The number of hydrogen-bond acceptors (Lipinski definition) is 4. The van der Waals surface area contributed by atoms with Gasteiger partial charge in [-0.2, -0.15) is 0 Å². The summed E-state index contributed by atoms with van der Waals surface area (Å²) < 4.78 is 57.7. The Kier molecular flexibility index (Phi) is 23.7. The van der Waals surface area contributed by atoms with Gasteiger partial charge in [-0.3, -0.25) is 0 Å². The molecule has 8 heteroatoms. The van der Waals surface area contributed by atoms with Gasteiger partial charge < -0.3 is 19.6 Å². The number of aryl methyl sites for hydroxylation is 8. The number of benzene rings is 24. The second-order valence-electron chi connectivity index (χ2n) is 38.2.